The van der Waals surface area contributed by atoms with E-state index in [4.69, 9.17) is 0 Å². The number of pyridine rings is 2. The molecule has 0 unspecified atom stereocenters. The molecule has 0 aliphatic heterocycles. The molecule has 0 amide bonds. The highest BCUT2D eigenvalue weighted by Crippen LogP contribution is 2.22. The summed E-state index contributed by atoms with van der Waals surface area (Å²) in [5.41, 5.74) is 0.682. The molecule has 0 aliphatic carbocycles. The summed E-state index contributed by atoms with van der Waals surface area (Å²) in [6.45, 7) is 0. The molecule has 0 saturated carbocycles. The molecule has 0 radical (unpaired) electrons. The van der Waals surface area contributed by atoms with Crippen LogP contribution in [0.3, 0.4) is 0 Å². The zero-order valence-electron chi connectivity index (χ0n) is 4.34. The normalized spacial score (nSPS) is 13.3. The van der Waals surface area contributed by atoms with Crippen LogP contribution in [0.1, 0.15) is 0 Å². The molecule has 3 nitrogen and oxygen atoms in total. The average Bonchev–Trinajstić information content (AvgIpc) is 2.63. The maximum Gasteiger partial charge on any atom is 0.280 e. The van der Waals surface area contributed by atoms with Crippen LogP contribution in [0, 0.1) is 0 Å². The van der Waals surface area contributed by atoms with E-state index in [9.17, 15) is 9.59 Å². The Balaban J connectivity index is 2.91. The minimum atomic E-state index is -0.000370. The van der Waals surface area contributed by atoms with Crippen LogP contribution in [-0.2, 0) is 0 Å². The van der Waals surface area contributed by atoms with Gasteiger partial charge in [0.25, 0.3) is 5.56 Å². The van der Waals surface area contributed by atoms with E-state index in [0.717, 1.165) is 5.39 Å². The monoisotopic (exact) mass is 119 g/mol. The van der Waals surface area contributed by atoms with Crippen molar-refractivity contribution in [3.8, 4) is 0 Å². The Morgan fingerprint density at radius 3 is 2.67 bits per heavy atom. The Hall–Kier alpha value is -1.38. The molecule has 9 heavy (non-hydrogen) atoms. The maximum absolute atomic E-state index is 10.6. The van der Waals surface area contributed by atoms with Gasteiger partial charge in [-0.2, -0.15) is 0 Å². The standard InChI is InChI=1S/C6HNO2/c8-5-2-1-7-4(3(2)5)6(7)9/h1H. The Labute approximate surface area is 48.5 Å². The van der Waals surface area contributed by atoms with Crippen molar-refractivity contribution in [1.82, 2.24) is 4.40 Å². The fourth-order valence-electron chi connectivity index (χ4n) is 1.18. The molecule has 0 spiro atoms. The summed E-state index contributed by atoms with van der Waals surface area (Å²) in [4.78, 5) is 21.1. The van der Waals surface area contributed by atoms with Crippen LogP contribution in [0.15, 0.2) is 15.8 Å². The van der Waals surface area contributed by atoms with Crippen LogP contribution in [0.2, 0.25) is 0 Å². The zero-order chi connectivity index (χ0) is 6.17. The minimum Gasteiger partial charge on any atom is -0.288 e. The zero-order valence-corrected chi connectivity index (χ0v) is 4.34. The quantitative estimate of drug-likeness (QED) is 0.402. The maximum atomic E-state index is 10.6. The van der Waals surface area contributed by atoms with E-state index in [1.165, 1.54) is 4.40 Å². The second kappa shape index (κ2) is 0.673. The van der Waals surface area contributed by atoms with Crippen LogP contribution in [0.5, 0.6) is 0 Å². The van der Waals surface area contributed by atoms with Gasteiger partial charge in [-0.15, -0.1) is 0 Å². The van der Waals surface area contributed by atoms with Crippen molar-refractivity contribution in [2.45, 2.75) is 0 Å². The molecule has 3 aromatic rings. The van der Waals surface area contributed by atoms with Crippen molar-refractivity contribution in [3.63, 3.8) is 0 Å². The molecule has 0 saturated heterocycles. The number of nitrogens with zero attached hydrogens (tertiary/aromatic N) is 1. The topological polar surface area (TPSA) is 38.5 Å². The highest BCUT2D eigenvalue weighted by molar-refractivity contribution is 6.11. The van der Waals surface area contributed by atoms with E-state index in [-0.39, 0.29) is 11.0 Å². The highest BCUT2D eigenvalue weighted by Gasteiger charge is 2.27. The van der Waals surface area contributed by atoms with E-state index >= 15 is 0 Å². The lowest BCUT2D eigenvalue weighted by molar-refractivity contribution is 1.33. The molecule has 0 fully saturated rings. The first-order valence-corrected chi connectivity index (χ1v) is 2.65. The van der Waals surface area contributed by atoms with Gasteiger partial charge in [0.1, 0.15) is 5.52 Å². The SMILES string of the molecule is O=c1c2cn3c(=O)c3c12. The van der Waals surface area contributed by atoms with Crippen molar-refractivity contribution >= 4 is 16.3 Å². The Morgan fingerprint density at radius 1 is 1.33 bits per heavy atom. The van der Waals surface area contributed by atoms with Gasteiger partial charge in [0, 0.05) is 6.20 Å². The molecule has 42 valence electrons. The molecular weight excluding hydrogens is 118 g/mol. The van der Waals surface area contributed by atoms with E-state index in [2.05, 4.69) is 0 Å². The molecule has 2 aromatic heterocycles. The third-order valence-corrected chi connectivity index (χ3v) is 1.79. The predicted octanol–water partition coefficient (Wildman–Crippen LogP) is -0.436. The lowest BCUT2D eigenvalue weighted by atomic mass is 10.6. The number of rotatable bonds is 0. The minimum absolute atomic E-state index is 0.000370. The lowest BCUT2D eigenvalue weighted by Gasteiger charge is -1.54. The van der Waals surface area contributed by atoms with Crippen molar-refractivity contribution in [1.29, 1.82) is 0 Å². The number of aromatic nitrogens is 1. The Bertz CT molecular complexity index is 489. The highest BCUT2D eigenvalue weighted by atomic mass is 16.1. The first-order chi connectivity index (χ1) is 4.30. The van der Waals surface area contributed by atoms with Gasteiger partial charge in [-0.05, 0) is 0 Å². The van der Waals surface area contributed by atoms with Gasteiger partial charge in [-0.3, -0.25) is 14.0 Å². The smallest absolute Gasteiger partial charge is 0.280 e. The molecule has 2 heterocycles. The van der Waals surface area contributed by atoms with Gasteiger partial charge in [0.05, 0.1) is 10.8 Å². The second-order valence-electron chi connectivity index (χ2n) is 2.27. The van der Waals surface area contributed by atoms with E-state index in [0.29, 0.717) is 10.9 Å². The third-order valence-electron chi connectivity index (χ3n) is 1.79. The van der Waals surface area contributed by atoms with Gasteiger partial charge in [-0.1, -0.05) is 0 Å². The van der Waals surface area contributed by atoms with Gasteiger partial charge in [-0.25, -0.2) is 0 Å². The molecular formula is C6HNO2. The summed E-state index contributed by atoms with van der Waals surface area (Å²) in [6.07, 6.45) is 1.61. The van der Waals surface area contributed by atoms with Crippen molar-refractivity contribution in [2.24, 2.45) is 0 Å². The van der Waals surface area contributed by atoms with Crippen molar-refractivity contribution < 1.29 is 0 Å². The Morgan fingerprint density at radius 2 is 2.11 bits per heavy atom. The second-order valence-corrected chi connectivity index (χ2v) is 2.27. The average molecular weight is 119 g/mol. The van der Waals surface area contributed by atoms with Crippen LogP contribution >= 0.6 is 0 Å². The lowest BCUT2D eigenvalue weighted by Crippen LogP contribution is -1.78. The first kappa shape index (κ1) is 3.61. The summed E-state index contributed by atoms with van der Waals surface area (Å²) in [5.74, 6) is 0. The third kappa shape index (κ3) is 0.199. The molecule has 1 aromatic carbocycles. The summed E-state index contributed by atoms with van der Waals surface area (Å²) in [5, 5.41) is 1.41. The molecule has 3 rings (SSSR count). The fourth-order valence-corrected chi connectivity index (χ4v) is 1.18. The number of fused-ring (bicyclic) bond motifs is 3. The van der Waals surface area contributed by atoms with Crippen LogP contribution in [-0.4, -0.2) is 4.40 Å². The van der Waals surface area contributed by atoms with Crippen molar-refractivity contribution in [3.05, 3.63) is 26.8 Å². The molecule has 3 heteroatoms. The summed E-state index contributed by atoms with van der Waals surface area (Å²) in [7, 11) is 0. The van der Waals surface area contributed by atoms with Gasteiger partial charge < -0.3 is 0 Å². The van der Waals surface area contributed by atoms with Crippen LogP contribution in [0.25, 0.3) is 16.3 Å². The number of hydrogen-bond acceptors (Lipinski definition) is 2. The molecule has 0 aliphatic rings. The van der Waals surface area contributed by atoms with Crippen molar-refractivity contribution in [2.75, 3.05) is 0 Å². The Kier molecular flexibility index (Phi) is 0.270. The number of hydrogen-bond donors (Lipinski definition) is 0. The summed E-state index contributed by atoms with van der Waals surface area (Å²) in [6, 6.07) is 0. The van der Waals surface area contributed by atoms with E-state index < -0.39 is 0 Å². The van der Waals surface area contributed by atoms with Crippen LogP contribution in [0.4, 0.5) is 0 Å². The van der Waals surface area contributed by atoms with Gasteiger partial charge >= 0.3 is 0 Å². The summed E-state index contributed by atoms with van der Waals surface area (Å²) >= 11 is 0. The first-order valence-electron chi connectivity index (χ1n) is 2.65. The molecule has 0 N–H and O–H groups in total. The molecule has 0 bridgehead atoms. The van der Waals surface area contributed by atoms with Crippen LogP contribution < -0.4 is 11.0 Å². The van der Waals surface area contributed by atoms with Gasteiger partial charge in [0.2, 0.25) is 0 Å². The molecule has 0 atom stereocenters. The largest absolute Gasteiger partial charge is 0.288 e. The predicted molar refractivity (Wildman–Crippen MR) is 32.2 cm³/mol. The fraction of sp³-hybridized carbons (Fsp3) is 0. The van der Waals surface area contributed by atoms with Gasteiger partial charge in [0.15, 0.2) is 5.43 Å². The van der Waals surface area contributed by atoms with E-state index in [1.807, 2.05) is 0 Å². The summed E-state index contributed by atoms with van der Waals surface area (Å²) < 4.78 is 1.51. The van der Waals surface area contributed by atoms with E-state index in [1.54, 1.807) is 6.20 Å².